The molecule has 0 spiro atoms. The highest BCUT2D eigenvalue weighted by molar-refractivity contribution is 5.92. The van der Waals surface area contributed by atoms with Crippen molar-refractivity contribution >= 4 is 11.7 Å². The minimum atomic E-state index is -0.281. The van der Waals surface area contributed by atoms with Gasteiger partial charge >= 0.3 is 5.97 Å². The molecule has 1 N–H and O–H groups in total. The number of esters is 1. The number of aryl methyl sites for hydroxylation is 1. The van der Waals surface area contributed by atoms with Crippen LogP contribution in [0.4, 0.5) is 5.69 Å². The number of anilines is 1. The maximum absolute atomic E-state index is 11.8. The Labute approximate surface area is 114 Å². The van der Waals surface area contributed by atoms with Gasteiger partial charge in [-0.15, -0.1) is 0 Å². The molecule has 1 saturated heterocycles. The number of benzene rings is 1. The smallest absolute Gasteiger partial charge is 0.338 e. The highest BCUT2D eigenvalue weighted by atomic mass is 16.5. The molecule has 1 aliphatic rings. The highest BCUT2D eigenvalue weighted by Crippen LogP contribution is 2.23. The van der Waals surface area contributed by atoms with Crippen LogP contribution in [-0.2, 0) is 9.47 Å². The van der Waals surface area contributed by atoms with Crippen molar-refractivity contribution in [2.45, 2.75) is 32.7 Å². The average Bonchev–Trinajstić information content (AvgIpc) is 2.43. The van der Waals surface area contributed by atoms with Gasteiger partial charge in [-0.3, -0.25) is 0 Å². The van der Waals surface area contributed by atoms with Crippen molar-refractivity contribution in [3.63, 3.8) is 0 Å². The van der Waals surface area contributed by atoms with Crippen molar-refractivity contribution in [1.29, 1.82) is 0 Å². The summed E-state index contributed by atoms with van der Waals surface area (Å²) >= 11 is 0. The molecule has 1 fully saturated rings. The normalized spacial score (nSPS) is 16.2. The maximum Gasteiger partial charge on any atom is 0.338 e. The molecule has 104 valence electrons. The van der Waals surface area contributed by atoms with E-state index in [2.05, 4.69) is 11.4 Å². The van der Waals surface area contributed by atoms with Gasteiger partial charge in [-0.25, -0.2) is 4.79 Å². The summed E-state index contributed by atoms with van der Waals surface area (Å²) in [6.07, 6.45) is 2.00. The van der Waals surface area contributed by atoms with E-state index in [0.29, 0.717) is 11.6 Å². The van der Waals surface area contributed by atoms with E-state index < -0.39 is 0 Å². The largest absolute Gasteiger partial charge is 0.465 e. The molecular formula is C15H21NO3. The second kappa shape index (κ2) is 6.06. The molecule has 1 heterocycles. The van der Waals surface area contributed by atoms with Crippen molar-refractivity contribution in [3.05, 3.63) is 28.8 Å². The van der Waals surface area contributed by atoms with Crippen molar-refractivity contribution < 1.29 is 14.3 Å². The molecule has 0 saturated carbocycles. The molecule has 0 aliphatic carbocycles. The topological polar surface area (TPSA) is 47.6 Å². The summed E-state index contributed by atoms with van der Waals surface area (Å²) in [4.78, 5) is 11.8. The molecule has 1 aliphatic heterocycles. The number of carbonyl (C=O) groups is 1. The van der Waals surface area contributed by atoms with Crippen LogP contribution in [0, 0.1) is 13.8 Å². The lowest BCUT2D eigenvalue weighted by atomic mass is 10.0. The zero-order chi connectivity index (χ0) is 13.8. The lowest BCUT2D eigenvalue weighted by Gasteiger charge is -2.25. The monoisotopic (exact) mass is 263 g/mol. The summed E-state index contributed by atoms with van der Waals surface area (Å²) in [6, 6.07) is 4.38. The molecular weight excluding hydrogens is 242 g/mol. The van der Waals surface area contributed by atoms with Crippen LogP contribution < -0.4 is 5.32 Å². The van der Waals surface area contributed by atoms with Gasteiger partial charge in [0.25, 0.3) is 0 Å². The number of rotatable bonds is 3. The third-order valence-electron chi connectivity index (χ3n) is 3.66. The van der Waals surface area contributed by atoms with Crippen LogP contribution in [0.2, 0.25) is 0 Å². The second-order valence-corrected chi connectivity index (χ2v) is 4.99. The van der Waals surface area contributed by atoms with Gasteiger partial charge in [-0.2, -0.15) is 0 Å². The number of methoxy groups -OCH3 is 1. The van der Waals surface area contributed by atoms with Gasteiger partial charge in [-0.1, -0.05) is 0 Å². The fourth-order valence-electron chi connectivity index (χ4n) is 2.34. The third kappa shape index (κ3) is 3.26. The van der Waals surface area contributed by atoms with Crippen molar-refractivity contribution in [1.82, 2.24) is 0 Å². The Kier molecular flexibility index (Phi) is 4.43. The van der Waals surface area contributed by atoms with Crippen LogP contribution >= 0.6 is 0 Å². The van der Waals surface area contributed by atoms with Crippen LogP contribution in [0.3, 0.4) is 0 Å². The van der Waals surface area contributed by atoms with Gasteiger partial charge in [0.2, 0.25) is 0 Å². The molecule has 0 radical (unpaired) electrons. The van der Waals surface area contributed by atoms with Crippen LogP contribution in [0.25, 0.3) is 0 Å². The fourth-order valence-corrected chi connectivity index (χ4v) is 2.34. The number of hydrogen-bond acceptors (Lipinski definition) is 4. The van der Waals surface area contributed by atoms with Crippen molar-refractivity contribution in [2.24, 2.45) is 0 Å². The van der Waals surface area contributed by atoms with Crippen molar-refractivity contribution in [2.75, 3.05) is 25.6 Å². The first kappa shape index (κ1) is 13.9. The summed E-state index contributed by atoms with van der Waals surface area (Å²) in [7, 11) is 1.41. The van der Waals surface area contributed by atoms with E-state index in [1.165, 1.54) is 7.11 Å². The summed E-state index contributed by atoms with van der Waals surface area (Å²) in [5, 5.41) is 3.48. The van der Waals surface area contributed by atoms with E-state index in [9.17, 15) is 4.79 Å². The van der Waals surface area contributed by atoms with Crippen molar-refractivity contribution in [3.8, 4) is 0 Å². The average molecular weight is 263 g/mol. The van der Waals surface area contributed by atoms with E-state index in [1.807, 2.05) is 19.9 Å². The number of ether oxygens (including phenoxy) is 2. The molecule has 4 nitrogen and oxygen atoms in total. The number of nitrogens with one attached hydrogen (secondary N) is 1. The Morgan fingerprint density at radius 1 is 1.32 bits per heavy atom. The molecule has 0 unspecified atom stereocenters. The minimum Gasteiger partial charge on any atom is -0.465 e. The molecule has 4 heteroatoms. The SMILES string of the molecule is COC(=O)c1cc(NC2CCOCC2)cc(C)c1C. The minimum absolute atomic E-state index is 0.281. The molecule has 0 amide bonds. The van der Waals surface area contributed by atoms with Gasteiger partial charge in [0.05, 0.1) is 12.7 Å². The number of hydrogen-bond donors (Lipinski definition) is 1. The molecule has 0 atom stereocenters. The van der Waals surface area contributed by atoms with Crippen LogP contribution in [0.15, 0.2) is 12.1 Å². The predicted octanol–water partition coefficient (Wildman–Crippen LogP) is 2.68. The van der Waals surface area contributed by atoms with Gasteiger partial charge < -0.3 is 14.8 Å². The lowest BCUT2D eigenvalue weighted by molar-refractivity contribution is 0.0599. The van der Waals surface area contributed by atoms with E-state index in [4.69, 9.17) is 9.47 Å². The van der Waals surface area contributed by atoms with E-state index >= 15 is 0 Å². The molecule has 1 aromatic carbocycles. The second-order valence-electron chi connectivity index (χ2n) is 4.99. The first-order chi connectivity index (χ1) is 9.11. The van der Waals surface area contributed by atoms with Gasteiger partial charge in [0.1, 0.15) is 0 Å². The van der Waals surface area contributed by atoms with Crippen LogP contribution in [0.5, 0.6) is 0 Å². The summed E-state index contributed by atoms with van der Waals surface area (Å²) in [6.45, 7) is 5.55. The van der Waals surface area contributed by atoms with E-state index in [-0.39, 0.29) is 5.97 Å². The van der Waals surface area contributed by atoms with Crippen LogP contribution in [-0.4, -0.2) is 32.3 Å². The molecule has 2 rings (SSSR count). The van der Waals surface area contributed by atoms with Gasteiger partial charge in [-0.05, 0) is 49.9 Å². The summed E-state index contributed by atoms with van der Waals surface area (Å²) in [5.41, 5.74) is 3.69. The predicted molar refractivity (Wildman–Crippen MR) is 74.7 cm³/mol. The first-order valence-corrected chi connectivity index (χ1v) is 6.65. The Bertz CT molecular complexity index is 465. The maximum atomic E-state index is 11.8. The Morgan fingerprint density at radius 2 is 2.00 bits per heavy atom. The molecule has 1 aromatic rings. The van der Waals surface area contributed by atoms with Gasteiger partial charge in [0.15, 0.2) is 0 Å². The Balaban J connectivity index is 2.20. The molecule has 19 heavy (non-hydrogen) atoms. The third-order valence-corrected chi connectivity index (χ3v) is 3.66. The molecule has 0 aromatic heterocycles. The first-order valence-electron chi connectivity index (χ1n) is 6.65. The zero-order valence-corrected chi connectivity index (χ0v) is 11.8. The summed E-state index contributed by atoms with van der Waals surface area (Å²) in [5.74, 6) is -0.281. The standard InChI is InChI=1S/C15H21NO3/c1-10-8-13(16-12-4-6-19-7-5-12)9-14(11(10)2)15(17)18-3/h8-9,12,16H,4-7H2,1-3H3. The fraction of sp³-hybridized carbons (Fsp3) is 0.533. The quantitative estimate of drug-likeness (QED) is 0.852. The Morgan fingerprint density at radius 3 is 2.63 bits per heavy atom. The van der Waals surface area contributed by atoms with Gasteiger partial charge in [0, 0.05) is 24.9 Å². The highest BCUT2D eigenvalue weighted by Gasteiger charge is 2.16. The Hall–Kier alpha value is -1.55. The lowest BCUT2D eigenvalue weighted by Crippen LogP contribution is -2.28. The molecule has 0 bridgehead atoms. The van der Waals surface area contributed by atoms with E-state index in [0.717, 1.165) is 42.9 Å². The zero-order valence-electron chi connectivity index (χ0n) is 11.8. The van der Waals surface area contributed by atoms with E-state index in [1.54, 1.807) is 0 Å². The number of carbonyl (C=O) groups excluding carboxylic acids is 1. The van der Waals surface area contributed by atoms with Crippen LogP contribution in [0.1, 0.15) is 34.3 Å². The summed E-state index contributed by atoms with van der Waals surface area (Å²) < 4.78 is 10.2.